The Labute approximate surface area is 125 Å². The number of carboxylic acid groups (broad SMARTS) is 1. The molecule has 0 bridgehead atoms. The minimum Gasteiger partial charge on any atom is -0.493 e. The summed E-state index contributed by atoms with van der Waals surface area (Å²) in [5.41, 5.74) is -0.894. The van der Waals surface area contributed by atoms with Crippen LogP contribution in [-0.2, 0) is 4.79 Å². The summed E-state index contributed by atoms with van der Waals surface area (Å²) in [5.74, 6) is -0.656. The fraction of sp³-hybridized carbons (Fsp3) is 0.562. The summed E-state index contributed by atoms with van der Waals surface area (Å²) in [4.78, 5) is 11.3. The molecular weight excluding hydrogens is 273 g/mol. The quantitative estimate of drug-likeness (QED) is 0.651. The Morgan fingerprint density at radius 1 is 1.43 bits per heavy atom. The molecule has 118 valence electrons. The van der Waals surface area contributed by atoms with Crippen LogP contribution in [0.5, 0.6) is 5.75 Å². The van der Waals surface area contributed by atoms with Crippen LogP contribution in [0.15, 0.2) is 24.3 Å². The normalized spacial score (nSPS) is 13.7. The van der Waals surface area contributed by atoms with Crippen LogP contribution in [0.1, 0.15) is 39.5 Å². The van der Waals surface area contributed by atoms with Crippen LogP contribution >= 0.6 is 0 Å². The van der Waals surface area contributed by atoms with Gasteiger partial charge in [-0.25, -0.2) is 4.39 Å². The number of aliphatic carboxylic acids is 1. The molecule has 4 nitrogen and oxygen atoms in total. The second-order valence-electron chi connectivity index (χ2n) is 5.33. The second kappa shape index (κ2) is 8.62. The molecule has 1 atom stereocenters. The van der Waals surface area contributed by atoms with Gasteiger partial charge >= 0.3 is 5.97 Å². The molecule has 0 aliphatic heterocycles. The Bertz CT molecular complexity index is 453. The van der Waals surface area contributed by atoms with E-state index in [-0.39, 0.29) is 5.82 Å². The maximum absolute atomic E-state index is 13.0. The molecule has 1 aromatic carbocycles. The molecular formula is C16H24FNO3. The van der Waals surface area contributed by atoms with E-state index >= 15 is 0 Å². The van der Waals surface area contributed by atoms with Crippen molar-refractivity contribution >= 4 is 5.97 Å². The smallest absolute Gasteiger partial charge is 0.323 e. The van der Waals surface area contributed by atoms with Gasteiger partial charge in [0.2, 0.25) is 0 Å². The molecule has 0 aliphatic carbocycles. The average Bonchev–Trinajstić information content (AvgIpc) is 2.44. The molecule has 0 saturated heterocycles. The maximum Gasteiger partial charge on any atom is 0.323 e. The van der Waals surface area contributed by atoms with E-state index < -0.39 is 11.5 Å². The Hall–Kier alpha value is -1.62. The van der Waals surface area contributed by atoms with Gasteiger partial charge in [0, 0.05) is 6.07 Å². The standard InChI is InChI=1S/C16H24FNO3/c1-3-10-18-16(2,15(19)20)9-4-5-11-21-14-8-6-7-13(17)12-14/h6-8,12,18H,3-5,9-11H2,1-2H3,(H,19,20). The van der Waals surface area contributed by atoms with Crippen LogP contribution in [0.2, 0.25) is 0 Å². The minimum absolute atomic E-state index is 0.324. The van der Waals surface area contributed by atoms with E-state index in [2.05, 4.69) is 5.32 Å². The van der Waals surface area contributed by atoms with Crippen molar-refractivity contribution in [3.8, 4) is 5.75 Å². The van der Waals surface area contributed by atoms with Gasteiger partial charge in [0.1, 0.15) is 17.1 Å². The lowest BCUT2D eigenvalue weighted by Crippen LogP contribution is -2.49. The highest BCUT2D eigenvalue weighted by atomic mass is 19.1. The van der Waals surface area contributed by atoms with E-state index in [0.29, 0.717) is 25.3 Å². The molecule has 2 N–H and O–H groups in total. The van der Waals surface area contributed by atoms with Gasteiger partial charge in [0.25, 0.3) is 0 Å². The third-order valence-corrected chi connectivity index (χ3v) is 3.37. The summed E-state index contributed by atoms with van der Waals surface area (Å²) >= 11 is 0. The molecule has 0 fully saturated rings. The van der Waals surface area contributed by atoms with E-state index in [1.807, 2.05) is 6.92 Å². The Morgan fingerprint density at radius 2 is 2.19 bits per heavy atom. The molecule has 0 radical (unpaired) electrons. The number of nitrogens with one attached hydrogen (secondary N) is 1. The highest BCUT2D eigenvalue weighted by Crippen LogP contribution is 2.16. The Kier molecular flexibility index (Phi) is 7.15. The molecule has 0 heterocycles. The van der Waals surface area contributed by atoms with Crippen LogP contribution in [0.4, 0.5) is 4.39 Å². The first kappa shape index (κ1) is 17.4. The number of hydrogen-bond acceptors (Lipinski definition) is 3. The highest BCUT2D eigenvalue weighted by Gasteiger charge is 2.31. The average molecular weight is 297 g/mol. The zero-order valence-corrected chi connectivity index (χ0v) is 12.7. The highest BCUT2D eigenvalue weighted by molar-refractivity contribution is 5.78. The van der Waals surface area contributed by atoms with Gasteiger partial charge < -0.3 is 15.2 Å². The van der Waals surface area contributed by atoms with E-state index in [0.717, 1.165) is 19.3 Å². The van der Waals surface area contributed by atoms with Crippen molar-refractivity contribution in [3.63, 3.8) is 0 Å². The van der Waals surface area contributed by atoms with Crippen molar-refractivity contribution in [2.75, 3.05) is 13.2 Å². The molecule has 0 aromatic heterocycles. The Balaban J connectivity index is 2.30. The van der Waals surface area contributed by atoms with Gasteiger partial charge in [0.05, 0.1) is 6.61 Å². The zero-order chi connectivity index (χ0) is 15.7. The maximum atomic E-state index is 13.0. The molecule has 5 heteroatoms. The number of unbranched alkanes of at least 4 members (excludes halogenated alkanes) is 1. The summed E-state index contributed by atoms with van der Waals surface area (Å²) in [7, 11) is 0. The predicted molar refractivity (Wildman–Crippen MR) is 80.1 cm³/mol. The monoisotopic (exact) mass is 297 g/mol. The van der Waals surface area contributed by atoms with Crippen molar-refractivity contribution in [2.24, 2.45) is 0 Å². The minimum atomic E-state index is -0.894. The number of ether oxygens (including phenoxy) is 1. The van der Waals surface area contributed by atoms with Crippen molar-refractivity contribution in [2.45, 2.75) is 45.1 Å². The first-order valence-corrected chi connectivity index (χ1v) is 7.35. The molecule has 1 rings (SSSR count). The third kappa shape index (κ3) is 6.12. The zero-order valence-electron chi connectivity index (χ0n) is 12.7. The molecule has 0 saturated carbocycles. The van der Waals surface area contributed by atoms with Crippen LogP contribution in [0.25, 0.3) is 0 Å². The number of hydrogen-bond donors (Lipinski definition) is 2. The van der Waals surface area contributed by atoms with Gasteiger partial charge in [-0.1, -0.05) is 13.0 Å². The largest absolute Gasteiger partial charge is 0.493 e. The summed E-state index contributed by atoms with van der Waals surface area (Å²) in [6.07, 6.45) is 2.89. The van der Waals surface area contributed by atoms with Gasteiger partial charge in [0.15, 0.2) is 0 Å². The third-order valence-electron chi connectivity index (χ3n) is 3.37. The fourth-order valence-corrected chi connectivity index (χ4v) is 2.00. The molecule has 1 unspecified atom stereocenters. The van der Waals surface area contributed by atoms with Crippen LogP contribution in [-0.4, -0.2) is 29.8 Å². The van der Waals surface area contributed by atoms with E-state index in [1.54, 1.807) is 19.1 Å². The lowest BCUT2D eigenvalue weighted by molar-refractivity contribution is -0.144. The van der Waals surface area contributed by atoms with Gasteiger partial charge in [-0.2, -0.15) is 0 Å². The van der Waals surface area contributed by atoms with Gasteiger partial charge in [-0.3, -0.25) is 4.79 Å². The molecule has 0 amide bonds. The van der Waals surface area contributed by atoms with E-state index in [1.165, 1.54) is 12.1 Å². The van der Waals surface area contributed by atoms with Crippen molar-refractivity contribution in [1.82, 2.24) is 5.32 Å². The van der Waals surface area contributed by atoms with Crippen molar-refractivity contribution in [1.29, 1.82) is 0 Å². The van der Waals surface area contributed by atoms with Crippen LogP contribution in [0.3, 0.4) is 0 Å². The number of benzene rings is 1. The van der Waals surface area contributed by atoms with Crippen molar-refractivity contribution in [3.05, 3.63) is 30.1 Å². The second-order valence-corrected chi connectivity index (χ2v) is 5.33. The van der Waals surface area contributed by atoms with Crippen molar-refractivity contribution < 1.29 is 19.0 Å². The van der Waals surface area contributed by atoms with E-state index in [4.69, 9.17) is 4.74 Å². The number of carboxylic acids is 1. The summed E-state index contributed by atoms with van der Waals surface area (Å²) < 4.78 is 18.4. The fourth-order valence-electron chi connectivity index (χ4n) is 2.00. The SMILES string of the molecule is CCCNC(C)(CCCCOc1cccc(F)c1)C(=O)O. The summed E-state index contributed by atoms with van der Waals surface area (Å²) in [6, 6.07) is 6.00. The predicted octanol–water partition coefficient (Wildman–Crippen LogP) is 3.22. The summed E-state index contributed by atoms with van der Waals surface area (Å²) in [6.45, 7) is 4.84. The molecule has 0 spiro atoms. The first-order chi connectivity index (χ1) is 9.98. The lowest BCUT2D eigenvalue weighted by Gasteiger charge is -2.26. The first-order valence-electron chi connectivity index (χ1n) is 7.35. The lowest BCUT2D eigenvalue weighted by atomic mass is 9.95. The molecule has 21 heavy (non-hydrogen) atoms. The van der Waals surface area contributed by atoms with Crippen LogP contribution in [0, 0.1) is 5.82 Å². The Morgan fingerprint density at radius 3 is 2.81 bits per heavy atom. The van der Waals surface area contributed by atoms with Crippen LogP contribution < -0.4 is 10.1 Å². The van der Waals surface area contributed by atoms with Gasteiger partial charge in [-0.05, 0) is 51.3 Å². The topological polar surface area (TPSA) is 58.6 Å². The molecule has 1 aromatic rings. The van der Waals surface area contributed by atoms with Gasteiger partial charge in [-0.15, -0.1) is 0 Å². The number of rotatable bonds is 10. The number of halogens is 1. The summed E-state index contributed by atoms with van der Waals surface area (Å²) in [5, 5.41) is 12.4. The van der Waals surface area contributed by atoms with E-state index in [9.17, 15) is 14.3 Å². The number of carbonyl (C=O) groups is 1. The molecule has 0 aliphatic rings.